The summed E-state index contributed by atoms with van der Waals surface area (Å²) >= 11 is 0. The van der Waals surface area contributed by atoms with Gasteiger partial charge in [-0.15, -0.1) is 0 Å². The quantitative estimate of drug-likeness (QED) is 0.723. The molecule has 1 aromatic carbocycles. The van der Waals surface area contributed by atoms with Gasteiger partial charge >= 0.3 is 0 Å². The third-order valence-corrected chi connectivity index (χ3v) is 2.96. The Morgan fingerprint density at radius 1 is 1.21 bits per heavy atom. The molecule has 1 aliphatic rings. The van der Waals surface area contributed by atoms with Gasteiger partial charge in [-0.3, -0.25) is 5.73 Å². The van der Waals surface area contributed by atoms with Gasteiger partial charge in [-0.05, 0) is 18.2 Å². The van der Waals surface area contributed by atoms with Crippen molar-refractivity contribution in [2.75, 3.05) is 0 Å². The molecule has 1 aliphatic heterocycles. The van der Waals surface area contributed by atoms with Crippen molar-refractivity contribution in [3.8, 4) is 5.69 Å². The SMILES string of the molecule is NC1=NC(N)(c2ccccc2-n2cccn2)C=CN1. The average Bonchev–Trinajstić information content (AvgIpc) is 2.92. The molecule has 96 valence electrons. The number of aliphatic imine (C=N–C) groups is 1. The summed E-state index contributed by atoms with van der Waals surface area (Å²) in [6.45, 7) is 0. The zero-order valence-electron chi connectivity index (χ0n) is 10.2. The van der Waals surface area contributed by atoms with Crippen LogP contribution in [0.2, 0.25) is 0 Å². The lowest BCUT2D eigenvalue weighted by Gasteiger charge is -2.27. The number of guanidine groups is 1. The third-order valence-electron chi connectivity index (χ3n) is 2.96. The highest BCUT2D eigenvalue weighted by molar-refractivity contribution is 5.80. The van der Waals surface area contributed by atoms with E-state index in [9.17, 15) is 0 Å². The van der Waals surface area contributed by atoms with Gasteiger partial charge in [0.1, 0.15) is 0 Å². The minimum atomic E-state index is -0.988. The summed E-state index contributed by atoms with van der Waals surface area (Å²) in [6, 6.07) is 9.57. The van der Waals surface area contributed by atoms with Gasteiger partial charge in [0.05, 0.1) is 5.69 Å². The van der Waals surface area contributed by atoms with E-state index in [4.69, 9.17) is 11.5 Å². The number of aromatic nitrogens is 2. The first kappa shape index (κ1) is 11.5. The van der Waals surface area contributed by atoms with E-state index < -0.39 is 5.66 Å². The van der Waals surface area contributed by atoms with E-state index in [-0.39, 0.29) is 0 Å². The number of nitrogens with two attached hydrogens (primary N) is 2. The van der Waals surface area contributed by atoms with Gasteiger partial charge in [0.25, 0.3) is 0 Å². The molecule has 0 bridgehead atoms. The molecule has 0 aliphatic carbocycles. The van der Waals surface area contributed by atoms with E-state index in [0.29, 0.717) is 5.96 Å². The van der Waals surface area contributed by atoms with Crippen LogP contribution < -0.4 is 16.8 Å². The fourth-order valence-corrected chi connectivity index (χ4v) is 2.10. The molecular weight excluding hydrogens is 240 g/mol. The number of nitrogens with one attached hydrogen (secondary N) is 1. The molecule has 0 amide bonds. The van der Waals surface area contributed by atoms with Crippen molar-refractivity contribution in [1.29, 1.82) is 0 Å². The minimum absolute atomic E-state index is 0.292. The van der Waals surface area contributed by atoms with Crippen LogP contribution in [-0.4, -0.2) is 15.7 Å². The molecule has 1 atom stereocenters. The van der Waals surface area contributed by atoms with Crippen molar-refractivity contribution >= 4 is 5.96 Å². The van der Waals surface area contributed by atoms with Crippen molar-refractivity contribution in [3.05, 3.63) is 60.6 Å². The van der Waals surface area contributed by atoms with Gasteiger partial charge in [0.2, 0.25) is 0 Å². The van der Waals surface area contributed by atoms with Crippen LogP contribution in [0.15, 0.2) is 60.0 Å². The lowest BCUT2D eigenvalue weighted by molar-refractivity contribution is 0.575. The van der Waals surface area contributed by atoms with Crippen LogP contribution in [0.4, 0.5) is 0 Å². The molecular formula is C13H14N6. The van der Waals surface area contributed by atoms with E-state index in [0.717, 1.165) is 11.3 Å². The van der Waals surface area contributed by atoms with Gasteiger partial charge in [-0.2, -0.15) is 5.10 Å². The van der Waals surface area contributed by atoms with Crippen LogP contribution in [-0.2, 0) is 5.66 Å². The summed E-state index contributed by atoms with van der Waals surface area (Å²) in [4.78, 5) is 4.29. The monoisotopic (exact) mass is 254 g/mol. The minimum Gasteiger partial charge on any atom is -0.370 e. The Hall–Kier alpha value is -2.60. The molecule has 19 heavy (non-hydrogen) atoms. The largest absolute Gasteiger partial charge is 0.370 e. The Bertz CT molecular complexity index is 643. The Morgan fingerprint density at radius 3 is 2.79 bits per heavy atom. The molecule has 1 unspecified atom stereocenters. The highest BCUT2D eigenvalue weighted by atomic mass is 15.3. The molecule has 0 saturated carbocycles. The van der Waals surface area contributed by atoms with Gasteiger partial charge < -0.3 is 11.1 Å². The molecule has 5 N–H and O–H groups in total. The standard InChI is InChI=1S/C13H14N6/c14-12-16-8-6-13(15,18-12)10-4-1-2-5-11(10)19-9-3-7-17-19/h1-9H,15H2,(H3,14,16,18). The van der Waals surface area contributed by atoms with Crippen LogP contribution in [0.5, 0.6) is 0 Å². The summed E-state index contributed by atoms with van der Waals surface area (Å²) in [7, 11) is 0. The molecule has 2 heterocycles. The van der Waals surface area contributed by atoms with Gasteiger partial charge in [0, 0.05) is 24.2 Å². The predicted molar refractivity (Wildman–Crippen MR) is 73.3 cm³/mol. The van der Waals surface area contributed by atoms with Crippen LogP contribution >= 0.6 is 0 Å². The summed E-state index contributed by atoms with van der Waals surface area (Å²) in [5, 5.41) is 7.04. The number of nitrogens with zero attached hydrogens (tertiary/aromatic N) is 3. The molecule has 2 aromatic rings. The molecule has 0 fully saturated rings. The number of hydrogen-bond acceptors (Lipinski definition) is 5. The molecule has 0 saturated heterocycles. The van der Waals surface area contributed by atoms with Gasteiger partial charge in [0.15, 0.2) is 11.6 Å². The lowest BCUT2D eigenvalue weighted by atomic mass is 9.98. The smallest absolute Gasteiger partial charge is 0.195 e. The van der Waals surface area contributed by atoms with E-state index in [2.05, 4.69) is 15.4 Å². The van der Waals surface area contributed by atoms with E-state index >= 15 is 0 Å². The fraction of sp³-hybridized carbons (Fsp3) is 0.0769. The van der Waals surface area contributed by atoms with Crippen molar-refractivity contribution < 1.29 is 0 Å². The number of benzene rings is 1. The van der Waals surface area contributed by atoms with E-state index in [1.165, 1.54) is 0 Å². The number of rotatable bonds is 2. The Kier molecular flexibility index (Phi) is 2.57. The Morgan fingerprint density at radius 2 is 2.05 bits per heavy atom. The molecule has 6 heteroatoms. The predicted octanol–water partition coefficient (Wildman–Crippen LogP) is 0.415. The molecule has 6 nitrogen and oxygen atoms in total. The van der Waals surface area contributed by atoms with E-state index in [1.54, 1.807) is 23.2 Å². The van der Waals surface area contributed by atoms with Crippen molar-refractivity contribution in [2.24, 2.45) is 16.5 Å². The van der Waals surface area contributed by atoms with Crippen LogP contribution in [0.1, 0.15) is 5.56 Å². The second kappa shape index (κ2) is 4.25. The molecule has 3 rings (SSSR count). The van der Waals surface area contributed by atoms with Gasteiger partial charge in [-0.1, -0.05) is 18.2 Å². The number of hydrogen-bond donors (Lipinski definition) is 3. The highest BCUT2D eigenvalue weighted by Crippen LogP contribution is 2.28. The normalized spacial score (nSPS) is 21.8. The average molecular weight is 254 g/mol. The molecule has 0 spiro atoms. The first-order valence-electron chi connectivity index (χ1n) is 5.87. The second-order valence-electron chi connectivity index (χ2n) is 4.27. The molecule has 1 aromatic heterocycles. The van der Waals surface area contributed by atoms with Crippen LogP contribution in [0.25, 0.3) is 5.69 Å². The number of para-hydroxylation sites is 1. The fourth-order valence-electron chi connectivity index (χ4n) is 2.10. The van der Waals surface area contributed by atoms with Crippen LogP contribution in [0, 0.1) is 0 Å². The Labute approximate surface area is 110 Å². The second-order valence-corrected chi connectivity index (χ2v) is 4.27. The summed E-state index contributed by atoms with van der Waals surface area (Å²) in [5.74, 6) is 0.292. The summed E-state index contributed by atoms with van der Waals surface area (Å²) < 4.78 is 1.76. The zero-order valence-corrected chi connectivity index (χ0v) is 10.2. The zero-order chi connectivity index (χ0) is 13.3. The van der Waals surface area contributed by atoms with Crippen molar-refractivity contribution in [3.63, 3.8) is 0 Å². The molecule has 0 radical (unpaired) electrons. The highest BCUT2D eigenvalue weighted by Gasteiger charge is 2.29. The van der Waals surface area contributed by atoms with Crippen LogP contribution in [0.3, 0.4) is 0 Å². The maximum atomic E-state index is 6.34. The third kappa shape index (κ3) is 1.98. The van der Waals surface area contributed by atoms with E-state index in [1.807, 2.05) is 36.5 Å². The Balaban J connectivity index is 2.16. The lowest BCUT2D eigenvalue weighted by Crippen LogP contribution is -2.42. The summed E-state index contributed by atoms with van der Waals surface area (Å²) in [5.41, 5.74) is 12.8. The topological polar surface area (TPSA) is 94.2 Å². The summed E-state index contributed by atoms with van der Waals surface area (Å²) in [6.07, 6.45) is 7.05. The maximum Gasteiger partial charge on any atom is 0.195 e. The first-order valence-corrected chi connectivity index (χ1v) is 5.87. The maximum absolute atomic E-state index is 6.34. The first-order chi connectivity index (χ1) is 9.19. The van der Waals surface area contributed by atoms with Gasteiger partial charge in [-0.25, -0.2) is 9.67 Å². The van der Waals surface area contributed by atoms with Crippen molar-refractivity contribution in [1.82, 2.24) is 15.1 Å². The van der Waals surface area contributed by atoms with Crippen molar-refractivity contribution in [2.45, 2.75) is 5.66 Å².